The lowest BCUT2D eigenvalue weighted by molar-refractivity contribution is 1.43. The molecule has 0 aliphatic rings. The van der Waals surface area contributed by atoms with E-state index >= 15 is 0 Å². The van der Waals surface area contributed by atoms with Gasteiger partial charge in [-0.25, -0.2) is 4.98 Å². The fraction of sp³-hybridized carbons (Fsp3) is 0.286. The SMILES string of the molecule is Cc1sc(C)c2sc(I)nc12. The van der Waals surface area contributed by atoms with Gasteiger partial charge in [0.05, 0.1) is 10.2 Å². The summed E-state index contributed by atoms with van der Waals surface area (Å²) in [5, 5.41) is 0. The molecule has 4 heteroatoms. The first-order chi connectivity index (χ1) is 5.18. The highest BCUT2D eigenvalue weighted by Crippen LogP contribution is 2.34. The maximum absolute atomic E-state index is 4.45. The molecule has 1 nitrogen and oxygen atoms in total. The van der Waals surface area contributed by atoms with E-state index in [2.05, 4.69) is 41.4 Å². The normalized spacial score (nSPS) is 11.2. The van der Waals surface area contributed by atoms with Crippen LogP contribution in [-0.2, 0) is 0 Å². The van der Waals surface area contributed by atoms with Crippen molar-refractivity contribution < 1.29 is 0 Å². The summed E-state index contributed by atoms with van der Waals surface area (Å²) < 4.78 is 2.52. The fourth-order valence-corrected chi connectivity index (χ4v) is 3.95. The number of thiophene rings is 1. The Labute approximate surface area is 86.6 Å². The monoisotopic (exact) mass is 295 g/mol. The van der Waals surface area contributed by atoms with E-state index in [9.17, 15) is 0 Å². The molecular weight excluding hydrogens is 289 g/mol. The van der Waals surface area contributed by atoms with Gasteiger partial charge in [-0.05, 0) is 36.4 Å². The Morgan fingerprint density at radius 1 is 1.18 bits per heavy atom. The van der Waals surface area contributed by atoms with Crippen molar-refractivity contribution in [1.82, 2.24) is 4.98 Å². The zero-order chi connectivity index (χ0) is 8.01. The number of aromatic nitrogens is 1. The fourth-order valence-electron chi connectivity index (χ4n) is 1.10. The van der Waals surface area contributed by atoms with Gasteiger partial charge in [-0.2, -0.15) is 0 Å². The summed E-state index contributed by atoms with van der Waals surface area (Å²) in [7, 11) is 0. The smallest absolute Gasteiger partial charge is 0.155 e. The molecule has 0 bridgehead atoms. The molecule has 2 heterocycles. The summed E-state index contributed by atoms with van der Waals surface area (Å²) in [5.41, 5.74) is 1.21. The molecule has 0 radical (unpaired) electrons. The molecule has 0 N–H and O–H groups in total. The summed E-state index contributed by atoms with van der Waals surface area (Å²) in [6.45, 7) is 4.30. The highest BCUT2D eigenvalue weighted by atomic mass is 127. The molecule has 11 heavy (non-hydrogen) atoms. The summed E-state index contributed by atoms with van der Waals surface area (Å²) in [5.74, 6) is 0. The van der Waals surface area contributed by atoms with Crippen molar-refractivity contribution in [2.24, 2.45) is 0 Å². The molecule has 0 amide bonds. The predicted octanol–water partition coefficient (Wildman–Crippen LogP) is 3.58. The number of nitrogens with zero attached hydrogens (tertiary/aromatic N) is 1. The number of hydrogen-bond donors (Lipinski definition) is 0. The van der Waals surface area contributed by atoms with Gasteiger partial charge in [-0.3, -0.25) is 0 Å². The van der Waals surface area contributed by atoms with Crippen molar-refractivity contribution in [2.45, 2.75) is 13.8 Å². The molecule has 0 spiro atoms. The first-order valence-electron chi connectivity index (χ1n) is 3.20. The Kier molecular flexibility index (Phi) is 1.93. The molecule has 0 saturated heterocycles. The van der Waals surface area contributed by atoms with E-state index in [1.807, 2.05) is 11.3 Å². The van der Waals surface area contributed by atoms with Crippen LogP contribution >= 0.6 is 45.3 Å². The second-order valence-electron chi connectivity index (χ2n) is 2.36. The maximum atomic E-state index is 4.45. The lowest BCUT2D eigenvalue weighted by atomic mass is 10.4. The van der Waals surface area contributed by atoms with Crippen molar-refractivity contribution >= 4 is 55.5 Å². The van der Waals surface area contributed by atoms with Gasteiger partial charge in [0.15, 0.2) is 3.01 Å². The van der Waals surface area contributed by atoms with Gasteiger partial charge < -0.3 is 0 Å². The van der Waals surface area contributed by atoms with Crippen molar-refractivity contribution in [2.75, 3.05) is 0 Å². The van der Waals surface area contributed by atoms with Crippen LogP contribution in [0.2, 0.25) is 0 Å². The Morgan fingerprint density at radius 2 is 1.91 bits per heavy atom. The first-order valence-corrected chi connectivity index (χ1v) is 5.91. The zero-order valence-corrected chi connectivity index (χ0v) is 9.93. The van der Waals surface area contributed by atoms with Crippen LogP contribution in [0.1, 0.15) is 9.75 Å². The van der Waals surface area contributed by atoms with Gasteiger partial charge in [0.2, 0.25) is 0 Å². The third-order valence-corrected chi connectivity index (χ3v) is 4.56. The summed E-state index contributed by atoms with van der Waals surface area (Å²) in [4.78, 5) is 7.19. The molecule has 0 unspecified atom stereocenters. The van der Waals surface area contributed by atoms with Crippen LogP contribution in [0.4, 0.5) is 0 Å². The van der Waals surface area contributed by atoms with E-state index < -0.39 is 0 Å². The molecule has 58 valence electrons. The Hall–Kier alpha value is 0.320. The number of aryl methyl sites for hydroxylation is 2. The first kappa shape index (κ1) is 7.94. The predicted molar refractivity (Wildman–Crippen MR) is 59.7 cm³/mol. The molecular formula is C7H6INS2. The van der Waals surface area contributed by atoms with Gasteiger partial charge in [0.1, 0.15) is 0 Å². The van der Waals surface area contributed by atoms with Gasteiger partial charge >= 0.3 is 0 Å². The van der Waals surface area contributed by atoms with Gasteiger partial charge in [0.25, 0.3) is 0 Å². The van der Waals surface area contributed by atoms with Crippen molar-refractivity contribution in [3.63, 3.8) is 0 Å². The van der Waals surface area contributed by atoms with Gasteiger partial charge in [-0.15, -0.1) is 22.7 Å². The lowest BCUT2D eigenvalue weighted by Gasteiger charge is -1.78. The minimum absolute atomic E-state index is 1.14. The van der Waals surface area contributed by atoms with Crippen molar-refractivity contribution in [1.29, 1.82) is 0 Å². The Bertz CT molecular complexity index is 367. The second kappa shape index (κ2) is 2.67. The number of rotatable bonds is 0. The lowest BCUT2D eigenvalue weighted by Crippen LogP contribution is -1.65. The molecule has 0 aromatic carbocycles. The maximum Gasteiger partial charge on any atom is 0.155 e. The van der Waals surface area contributed by atoms with E-state index in [0.717, 1.165) is 3.01 Å². The molecule has 0 saturated carbocycles. The molecule has 0 aliphatic heterocycles. The zero-order valence-electron chi connectivity index (χ0n) is 6.14. The number of halogens is 1. The van der Waals surface area contributed by atoms with E-state index in [1.54, 1.807) is 11.3 Å². The standard InChI is InChI=1S/C7H6INS2/c1-3-5-6(4(2)10-3)11-7(8)9-5/h1-2H3. The van der Waals surface area contributed by atoms with Crippen LogP contribution in [0.3, 0.4) is 0 Å². The molecule has 0 atom stereocenters. The third-order valence-electron chi connectivity index (χ3n) is 1.56. The average Bonchev–Trinajstić information content (AvgIpc) is 2.38. The summed E-state index contributed by atoms with van der Waals surface area (Å²) in [6, 6.07) is 0. The van der Waals surface area contributed by atoms with Crippen molar-refractivity contribution in [3.05, 3.63) is 12.8 Å². The quantitative estimate of drug-likeness (QED) is 0.677. The highest BCUT2D eigenvalue weighted by Gasteiger charge is 2.09. The molecule has 0 aliphatic carbocycles. The third kappa shape index (κ3) is 1.21. The Balaban J connectivity index is 2.92. The number of thiazole rings is 1. The van der Waals surface area contributed by atoms with Gasteiger partial charge in [-0.1, -0.05) is 0 Å². The van der Waals surface area contributed by atoms with Crippen molar-refractivity contribution in [3.8, 4) is 0 Å². The number of fused-ring (bicyclic) bond motifs is 1. The van der Waals surface area contributed by atoms with Crippen LogP contribution in [0.5, 0.6) is 0 Å². The van der Waals surface area contributed by atoms with Crippen LogP contribution in [0, 0.1) is 16.9 Å². The molecule has 2 rings (SSSR count). The highest BCUT2D eigenvalue weighted by molar-refractivity contribution is 14.1. The van der Waals surface area contributed by atoms with Crippen LogP contribution in [-0.4, -0.2) is 4.98 Å². The van der Waals surface area contributed by atoms with E-state index in [0.29, 0.717) is 0 Å². The van der Waals surface area contributed by atoms with E-state index in [4.69, 9.17) is 0 Å². The minimum atomic E-state index is 1.14. The molecule has 0 fully saturated rings. The van der Waals surface area contributed by atoms with Crippen LogP contribution in [0.15, 0.2) is 0 Å². The largest absolute Gasteiger partial charge is 0.229 e. The van der Waals surface area contributed by atoms with E-state index in [1.165, 1.54) is 20.0 Å². The van der Waals surface area contributed by atoms with Gasteiger partial charge in [0, 0.05) is 9.75 Å². The Morgan fingerprint density at radius 3 is 2.55 bits per heavy atom. The second-order valence-corrected chi connectivity index (χ2v) is 6.54. The summed E-state index contributed by atoms with van der Waals surface area (Å²) in [6.07, 6.45) is 0. The average molecular weight is 295 g/mol. The topological polar surface area (TPSA) is 12.9 Å². The number of hydrogen-bond acceptors (Lipinski definition) is 3. The minimum Gasteiger partial charge on any atom is -0.229 e. The van der Waals surface area contributed by atoms with Crippen LogP contribution < -0.4 is 0 Å². The molecule has 2 aromatic heterocycles. The molecule has 2 aromatic rings. The van der Waals surface area contributed by atoms with Crippen LogP contribution in [0.25, 0.3) is 10.2 Å². The summed E-state index contributed by atoms with van der Waals surface area (Å²) >= 11 is 5.90. The van der Waals surface area contributed by atoms with E-state index in [-0.39, 0.29) is 0 Å².